The number of rotatable bonds is 2. The van der Waals surface area contributed by atoms with Gasteiger partial charge in [-0.25, -0.2) is 4.98 Å². The van der Waals surface area contributed by atoms with Crippen molar-refractivity contribution in [2.45, 2.75) is 0 Å². The smallest absolute Gasteiger partial charge is 0.208 e. The maximum atomic E-state index is 8.60. The topological polar surface area (TPSA) is 38.7 Å². The minimum Gasteiger partial charge on any atom is -0.208 e. The molecule has 0 aliphatic heterocycles. The number of hydrogen-bond acceptors (Lipinski definition) is 4. The van der Waals surface area contributed by atoms with E-state index in [1.165, 1.54) is 0 Å². The summed E-state index contributed by atoms with van der Waals surface area (Å²) in [7, 11) is 0. The number of thiophene rings is 1. The molecule has 5 heteroatoms. The molecule has 0 saturated carbocycles. The number of benzene rings is 4. The Hall–Kier alpha value is -3.34. The second kappa shape index (κ2) is 6.87. The first-order chi connectivity index (χ1) is 17.7. The fourth-order valence-electron chi connectivity index (χ4n) is 3.49. The molecule has 142 valence electrons. The van der Waals surface area contributed by atoms with Crippen LogP contribution in [0.25, 0.3) is 53.7 Å². The van der Waals surface area contributed by atoms with Gasteiger partial charge in [-0.2, -0.15) is 9.97 Å². The van der Waals surface area contributed by atoms with E-state index >= 15 is 0 Å². The molecule has 30 heavy (non-hydrogen) atoms. The van der Waals surface area contributed by atoms with Gasteiger partial charge in [-0.3, -0.25) is 0 Å². The van der Waals surface area contributed by atoms with Gasteiger partial charge in [-0.05, 0) is 34.5 Å². The molecule has 0 radical (unpaired) electrons. The lowest BCUT2D eigenvalue weighted by Gasteiger charge is -2.08. The van der Waals surface area contributed by atoms with Gasteiger partial charge in [0, 0.05) is 31.3 Å². The third-order valence-electron chi connectivity index (χ3n) is 4.79. The van der Waals surface area contributed by atoms with Gasteiger partial charge in [0.15, 0.2) is 11.6 Å². The first kappa shape index (κ1) is 11.7. The number of aromatic nitrogens is 3. The van der Waals surface area contributed by atoms with Crippen LogP contribution in [0.1, 0.15) is 9.60 Å². The quantitative estimate of drug-likeness (QED) is 0.287. The summed E-state index contributed by atoms with van der Waals surface area (Å²) in [6, 6.07) is 10.4. The van der Waals surface area contributed by atoms with Crippen LogP contribution in [0.15, 0.2) is 84.8 Å². The van der Waals surface area contributed by atoms with Crippen LogP contribution < -0.4 is 0 Å². The Bertz CT molecular complexity index is 1930. The van der Waals surface area contributed by atoms with E-state index in [9.17, 15) is 0 Å². The molecule has 0 aliphatic rings. The van der Waals surface area contributed by atoms with Gasteiger partial charge < -0.3 is 0 Å². The zero-order valence-electron chi connectivity index (χ0n) is 22.2. The third-order valence-corrected chi connectivity index (χ3v) is 6.18. The first-order valence-corrected chi connectivity index (χ1v) is 10.2. The minimum absolute atomic E-state index is 0.0999. The van der Waals surface area contributed by atoms with Crippen LogP contribution in [0.4, 0.5) is 0 Å². The molecule has 3 nitrogen and oxygen atoms in total. The van der Waals surface area contributed by atoms with Crippen molar-refractivity contribution < 1.29 is 9.60 Å². The van der Waals surface area contributed by atoms with E-state index in [0.717, 1.165) is 20.2 Å². The summed E-state index contributed by atoms with van der Waals surface area (Å²) in [5.41, 5.74) is 0.585. The maximum absolute atomic E-state index is 8.60. The van der Waals surface area contributed by atoms with Gasteiger partial charge in [0.2, 0.25) is 5.28 Å². The van der Waals surface area contributed by atoms with Gasteiger partial charge in [-0.15, -0.1) is 11.3 Å². The lowest BCUT2D eigenvalue weighted by molar-refractivity contribution is 1.07. The normalized spacial score (nSPS) is 14.8. The van der Waals surface area contributed by atoms with E-state index < -0.39 is 42.3 Å². The Morgan fingerprint density at radius 1 is 0.700 bits per heavy atom. The molecule has 0 saturated heterocycles. The molecule has 0 unspecified atom stereocenters. The van der Waals surface area contributed by atoms with E-state index in [2.05, 4.69) is 15.0 Å². The Kier molecular flexibility index (Phi) is 2.69. The summed E-state index contributed by atoms with van der Waals surface area (Å²) in [6.45, 7) is 0. The van der Waals surface area contributed by atoms with Crippen molar-refractivity contribution in [3.05, 3.63) is 90.0 Å². The second-order valence-corrected chi connectivity index (χ2v) is 7.92. The van der Waals surface area contributed by atoms with Gasteiger partial charge in [0.05, 0.1) is 9.60 Å². The molecule has 2 aromatic heterocycles. The standard InChI is InChI=1S/C25H14ClN3S/c26-25-28-23(19-12-5-8-15-7-1-2-9-16(15)19)27-24(29-25)20-13-6-11-18-17-10-3-4-14-21(17)30-22(18)20/h1-14H/i1D,2D,5D,7D,8D,9D,12D. The van der Waals surface area contributed by atoms with Gasteiger partial charge in [0.1, 0.15) is 0 Å². The molecule has 0 bridgehead atoms. The van der Waals surface area contributed by atoms with Crippen LogP contribution in [0.3, 0.4) is 0 Å². The van der Waals surface area contributed by atoms with Crippen molar-refractivity contribution in [3.63, 3.8) is 0 Å². The van der Waals surface area contributed by atoms with Crippen LogP contribution in [0.5, 0.6) is 0 Å². The molecule has 0 aliphatic carbocycles. The van der Waals surface area contributed by atoms with Crippen molar-refractivity contribution in [3.8, 4) is 22.8 Å². The van der Waals surface area contributed by atoms with E-state index in [-0.39, 0.29) is 33.3 Å². The number of hydrogen-bond donors (Lipinski definition) is 0. The molecular formula is C25H14ClN3S. The number of fused-ring (bicyclic) bond motifs is 4. The predicted molar refractivity (Wildman–Crippen MR) is 126 cm³/mol. The van der Waals surface area contributed by atoms with Crippen molar-refractivity contribution in [2.75, 3.05) is 0 Å². The van der Waals surface area contributed by atoms with Gasteiger partial charge >= 0.3 is 0 Å². The summed E-state index contributed by atoms with van der Waals surface area (Å²) in [4.78, 5) is 13.1. The van der Waals surface area contributed by atoms with Crippen LogP contribution in [0, 0.1) is 0 Å². The summed E-state index contributed by atoms with van der Waals surface area (Å²) in [6.07, 6.45) is 0. The first-order valence-electron chi connectivity index (χ1n) is 12.5. The van der Waals surface area contributed by atoms with Crippen molar-refractivity contribution in [1.82, 2.24) is 15.0 Å². The third kappa shape index (κ3) is 2.76. The van der Waals surface area contributed by atoms with E-state index in [4.69, 9.17) is 21.2 Å². The molecule has 4 aromatic carbocycles. The Labute approximate surface area is 191 Å². The van der Waals surface area contributed by atoms with E-state index in [1.807, 2.05) is 42.5 Å². The summed E-state index contributed by atoms with van der Waals surface area (Å²) < 4.78 is 60.2. The molecule has 0 N–H and O–H groups in total. The summed E-state index contributed by atoms with van der Waals surface area (Å²) in [5.74, 6) is 0.115. The molecule has 0 atom stereocenters. The number of nitrogens with zero attached hydrogens (tertiary/aromatic N) is 3. The van der Waals surface area contributed by atoms with Gasteiger partial charge in [0.25, 0.3) is 0 Å². The Morgan fingerprint density at radius 2 is 1.47 bits per heavy atom. The molecule has 0 amide bonds. The average Bonchev–Trinajstić information content (AvgIpc) is 3.27. The molecule has 0 fully saturated rings. The van der Waals surface area contributed by atoms with Crippen LogP contribution in [-0.4, -0.2) is 15.0 Å². The molecule has 6 rings (SSSR count). The lowest BCUT2D eigenvalue weighted by atomic mass is 10.0. The molecule has 0 spiro atoms. The molecule has 6 aromatic rings. The fraction of sp³-hybridized carbons (Fsp3) is 0. The monoisotopic (exact) mass is 430 g/mol. The van der Waals surface area contributed by atoms with Gasteiger partial charge in [-0.1, -0.05) is 72.6 Å². The molecular weight excluding hydrogens is 410 g/mol. The molecule has 2 heterocycles. The van der Waals surface area contributed by atoms with Crippen LogP contribution >= 0.6 is 22.9 Å². The van der Waals surface area contributed by atoms with E-state index in [0.29, 0.717) is 5.56 Å². The highest BCUT2D eigenvalue weighted by molar-refractivity contribution is 7.26. The van der Waals surface area contributed by atoms with E-state index in [1.54, 1.807) is 11.3 Å². The van der Waals surface area contributed by atoms with Crippen LogP contribution in [-0.2, 0) is 0 Å². The largest absolute Gasteiger partial charge is 0.226 e. The maximum Gasteiger partial charge on any atom is 0.226 e. The highest BCUT2D eigenvalue weighted by Crippen LogP contribution is 2.39. The highest BCUT2D eigenvalue weighted by Gasteiger charge is 2.15. The summed E-state index contributed by atoms with van der Waals surface area (Å²) in [5, 5.41) is 1.65. The van der Waals surface area contributed by atoms with Crippen molar-refractivity contribution in [1.29, 1.82) is 0 Å². The second-order valence-electron chi connectivity index (χ2n) is 6.53. The summed E-state index contributed by atoms with van der Waals surface area (Å²) >= 11 is 7.90. The zero-order chi connectivity index (χ0) is 26.2. The fourth-order valence-corrected chi connectivity index (χ4v) is 4.86. The van der Waals surface area contributed by atoms with Crippen molar-refractivity contribution in [2.24, 2.45) is 0 Å². The van der Waals surface area contributed by atoms with Crippen molar-refractivity contribution >= 4 is 53.9 Å². The Balaban J connectivity index is 1.70. The Morgan fingerprint density at radius 3 is 2.40 bits per heavy atom. The van der Waals surface area contributed by atoms with Crippen LogP contribution in [0.2, 0.25) is 5.28 Å². The highest BCUT2D eigenvalue weighted by atomic mass is 35.5. The zero-order valence-corrected chi connectivity index (χ0v) is 16.7. The lowest BCUT2D eigenvalue weighted by Crippen LogP contribution is -1.97. The average molecular weight is 431 g/mol. The predicted octanol–water partition coefficient (Wildman–Crippen LogP) is 7.38. The minimum atomic E-state index is -0.528. The number of halogens is 1. The SMILES string of the molecule is [2H]c1c([2H])c([2H])c2c(-c3nc(Cl)nc(-c4cccc5c4sc4ccccc45)n3)c([2H])c([2H])c([2H])c2c1[2H].